The second-order valence-electron chi connectivity index (χ2n) is 7.26. The van der Waals surface area contributed by atoms with Gasteiger partial charge in [-0.05, 0) is 40.0 Å². The lowest BCUT2D eigenvalue weighted by atomic mass is 9.92. The summed E-state index contributed by atoms with van der Waals surface area (Å²) in [6.07, 6.45) is 0. The van der Waals surface area contributed by atoms with E-state index < -0.39 is 26.4 Å². The van der Waals surface area contributed by atoms with Crippen LogP contribution in [-0.2, 0) is 4.79 Å². The zero-order chi connectivity index (χ0) is 25.8. The molecule has 0 atom stereocenters. The number of amides is 1. The van der Waals surface area contributed by atoms with Crippen LogP contribution >= 0.6 is 47.0 Å². The third-order valence-electron chi connectivity index (χ3n) is 4.73. The predicted octanol–water partition coefficient (Wildman–Crippen LogP) is 6.82. The fourth-order valence-corrected chi connectivity index (χ4v) is 3.97. The molecule has 3 rings (SSSR count). The zero-order valence-electron chi connectivity index (χ0n) is 18.1. The molecule has 0 aliphatic rings. The van der Waals surface area contributed by atoms with E-state index in [0.29, 0.717) is 21.7 Å². The molecule has 0 aromatic heterocycles. The van der Waals surface area contributed by atoms with E-state index in [9.17, 15) is 19.4 Å². The zero-order valence-corrected chi connectivity index (χ0v) is 21.2. The first-order valence-electron chi connectivity index (χ1n) is 10.0. The van der Waals surface area contributed by atoms with E-state index in [4.69, 9.17) is 47.0 Å². The van der Waals surface area contributed by atoms with Crippen molar-refractivity contribution in [2.75, 3.05) is 16.9 Å². The van der Waals surface area contributed by atoms with E-state index in [1.54, 1.807) is 30.3 Å². The minimum absolute atomic E-state index is 0.0615. The summed E-state index contributed by atoms with van der Waals surface area (Å²) in [6.45, 7) is 0.400. The number of anilines is 2. The molecular weight excluding hydrogens is 538 g/mol. The molecule has 0 heterocycles. The number of carbonyl (C=O) groups excluding carboxylic acids is 1. The molecule has 0 saturated heterocycles. The molecule has 0 radical (unpaired) electrons. The van der Waals surface area contributed by atoms with Crippen LogP contribution in [0.2, 0.25) is 0 Å². The number of hydrogen-bond donors (Lipinski definition) is 1. The van der Waals surface area contributed by atoms with Crippen molar-refractivity contribution in [2.24, 2.45) is 0 Å². The summed E-state index contributed by atoms with van der Waals surface area (Å²) in [5, 5.41) is 13.1. The normalized spacial score (nSPS) is 11.0. The van der Waals surface area contributed by atoms with Crippen LogP contribution in [0.25, 0.3) is 22.3 Å². The minimum Gasteiger partial charge on any atom is -0.324 e. The molecule has 7 nitrogen and oxygen atoms in total. The number of alkyl halides is 3. The molecule has 0 fully saturated rings. The Hall–Kier alpha value is -2.98. The summed E-state index contributed by atoms with van der Waals surface area (Å²) in [6, 6.07) is 21.2. The van der Waals surface area contributed by atoms with Crippen molar-refractivity contribution >= 4 is 69.4 Å². The maximum absolute atomic E-state index is 14.8. The highest BCUT2D eigenvalue weighted by atomic mass is 35.6. The van der Waals surface area contributed by atoms with Crippen molar-refractivity contribution < 1.29 is 14.3 Å². The fourth-order valence-electron chi connectivity index (χ4n) is 3.42. The first kappa shape index (κ1) is 26.6. The molecule has 3 aromatic rings. The van der Waals surface area contributed by atoms with Gasteiger partial charge in [-0.3, -0.25) is 4.79 Å². The molecule has 182 valence electrons. The first-order valence-corrected chi connectivity index (χ1v) is 11.6. The predicted molar refractivity (Wildman–Crippen MR) is 142 cm³/mol. The van der Waals surface area contributed by atoms with E-state index in [1.165, 1.54) is 13.0 Å². The maximum atomic E-state index is 14.8. The monoisotopic (exact) mass is 554 g/mol. The van der Waals surface area contributed by atoms with E-state index in [2.05, 4.69) is 5.32 Å². The van der Waals surface area contributed by atoms with Crippen molar-refractivity contribution in [1.29, 1.82) is 0 Å². The number of nitro groups is 1. The smallest absolute Gasteiger partial charge is 0.270 e. The molecular formula is C23H18Cl3FN4O3S. The molecule has 0 saturated carbocycles. The third kappa shape index (κ3) is 6.58. The summed E-state index contributed by atoms with van der Waals surface area (Å²) in [7, 11) is 0. The number of rotatable bonds is 6. The average Bonchev–Trinajstić information content (AvgIpc) is 2.79. The lowest BCUT2D eigenvalue weighted by Gasteiger charge is -2.26. The molecule has 3 aromatic carbocycles. The van der Waals surface area contributed by atoms with Crippen molar-refractivity contribution in [1.82, 2.24) is 5.12 Å². The summed E-state index contributed by atoms with van der Waals surface area (Å²) in [4.78, 5) is 24.3. The number of hydrogen-bond acceptors (Lipinski definition) is 4. The Morgan fingerprint density at radius 1 is 1.03 bits per heavy atom. The molecule has 1 N–H and O–H groups in total. The van der Waals surface area contributed by atoms with Crippen LogP contribution in [0.1, 0.15) is 6.92 Å². The van der Waals surface area contributed by atoms with Gasteiger partial charge in [-0.15, -0.1) is 0 Å². The van der Waals surface area contributed by atoms with E-state index >= 15 is 0 Å². The highest BCUT2D eigenvalue weighted by Gasteiger charge is 2.36. The topological polar surface area (TPSA) is 78.7 Å². The van der Waals surface area contributed by atoms with Gasteiger partial charge in [-0.2, -0.15) is 5.12 Å². The van der Waals surface area contributed by atoms with Gasteiger partial charge in [0, 0.05) is 12.5 Å². The average molecular weight is 556 g/mol. The molecule has 35 heavy (non-hydrogen) atoms. The number of hydrazine groups is 1. The molecule has 0 aliphatic heterocycles. The maximum Gasteiger partial charge on any atom is 0.270 e. The Balaban J connectivity index is 2.31. The van der Waals surface area contributed by atoms with Gasteiger partial charge in [-0.25, -0.2) is 10.1 Å². The highest BCUT2D eigenvalue weighted by Crippen LogP contribution is 2.44. The van der Waals surface area contributed by atoms with Gasteiger partial charge in [-0.1, -0.05) is 106 Å². The van der Waals surface area contributed by atoms with Crippen LogP contribution in [0.15, 0.2) is 72.8 Å². The Labute approximate surface area is 221 Å². The van der Waals surface area contributed by atoms with Crippen LogP contribution < -0.4 is 10.3 Å². The van der Waals surface area contributed by atoms with Gasteiger partial charge in [0.25, 0.3) is 5.11 Å². The van der Waals surface area contributed by atoms with Gasteiger partial charge in [0.2, 0.25) is 9.70 Å². The Kier molecular flexibility index (Phi) is 8.50. The van der Waals surface area contributed by atoms with Crippen molar-refractivity contribution in [3.8, 4) is 22.3 Å². The standard InChI is InChI=1S/C23H18Cl3FN4O3S/c1-15(32)28-21-19(30(31(33)34)22(35)29(27)14-23(24,25)26)13-12-18(16-8-4-2-5-9-16)20(21)17-10-6-3-7-11-17/h2-13H,14H2,1H3,(H,28,32). The Morgan fingerprint density at radius 3 is 2.06 bits per heavy atom. The van der Waals surface area contributed by atoms with Crippen LogP contribution in [0.3, 0.4) is 0 Å². The molecule has 0 unspecified atom stereocenters. The summed E-state index contributed by atoms with van der Waals surface area (Å²) < 4.78 is 12.7. The van der Waals surface area contributed by atoms with Gasteiger partial charge < -0.3 is 5.32 Å². The van der Waals surface area contributed by atoms with Gasteiger partial charge in [0.1, 0.15) is 12.2 Å². The lowest BCUT2D eigenvalue weighted by Crippen LogP contribution is -2.45. The number of thiocarbonyl (C=S) groups is 1. The molecule has 12 heteroatoms. The molecule has 0 aliphatic carbocycles. The lowest BCUT2D eigenvalue weighted by molar-refractivity contribution is -0.480. The summed E-state index contributed by atoms with van der Waals surface area (Å²) in [5.41, 5.74) is 2.49. The largest absolute Gasteiger partial charge is 0.324 e. The Morgan fingerprint density at radius 2 is 1.57 bits per heavy atom. The summed E-state index contributed by atoms with van der Waals surface area (Å²) in [5.74, 6) is -0.499. The highest BCUT2D eigenvalue weighted by molar-refractivity contribution is 7.80. The van der Waals surface area contributed by atoms with Crippen LogP contribution in [-0.4, -0.2) is 31.5 Å². The van der Waals surface area contributed by atoms with Gasteiger partial charge in [0.05, 0.1) is 5.69 Å². The number of nitrogens with one attached hydrogen (secondary N) is 1. The van der Waals surface area contributed by atoms with E-state index in [-0.39, 0.29) is 16.5 Å². The van der Waals surface area contributed by atoms with Crippen LogP contribution in [0.4, 0.5) is 15.9 Å². The van der Waals surface area contributed by atoms with Crippen molar-refractivity contribution in [3.63, 3.8) is 0 Å². The number of nitrogens with zero attached hydrogens (tertiary/aromatic N) is 3. The minimum atomic E-state index is -2.09. The van der Waals surface area contributed by atoms with Gasteiger partial charge >= 0.3 is 0 Å². The van der Waals surface area contributed by atoms with Crippen molar-refractivity contribution in [2.45, 2.75) is 10.7 Å². The second-order valence-corrected chi connectivity index (χ2v) is 10.1. The van der Waals surface area contributed by atoms with E-state index in [1.807, 2.05) is 36.4 Å². The van der Waals surface area contributed by atoms with E-state index in [0.717, 1.165) is 5.56 Å². The molecule has 0 spiro atoms. The van der Waals surface area contributed by atoms with Crippen molar-refractivity contribution in [3.05, 3.63) is 82.9 Å². The second kappa shape index (κ2) is 11.2. The number of halogens is 4. The van der Waals surface area contributed by atoms with Gasteiger partial charge in [0.15, 0.2) is 5.03 Å². The third-order valence-corrected chi connectivity index (χ3v) is 5.46. The Bertz CT molecular complexity index is 1240. The van der Waals surface area contributed by atoms with Crippen LogP contribution in [0.5, 0.6) is 0 Å². The number of benzene rings is 3. The van der Waals surface area contributed by atoms with Crippen LogP contribution in [0, 0.1) is 10.1 Å². The first-order chi connectivity index (χ1) is 16.5. The summed E-state index contributed by atoms with van der Waals surface area (Å²) >= 11 is 22.0. The quantitative estimate of drug-likeness (QED) is 0.118. The molecule has 1 amide bonds. The number of carbonyl (C=O) groups is 1. The SMILES string of the molecule is CC(=O)Nc1c(N(C(=S)N(F)CC(Cl)(Cl)Cl)[N+](=O)[O-])ccc(-c2ccccc2)c1-c1ccccc1. The molecule has 0 bridgehead atoms. The fraction of sp³-hybridized carbons (Fsp3) is 0.130.